The van der Waals surface area contributed by atoms with E-state index < -0.39 is 41.4 Å². The van der Waals surface area contributed by atoms with Crippen LogP contribution in [-0.4, -0.2) is 31.7 Å². The van der Waals surface area contributed by atoms with Gasteiger partial charge in [0.2, 0.25) is 5.91 Å². The van der Waals surface area contributed by atoms with E-state index in [1.807, 2.05) is 0 Å². The molecule has 2 rings (SSSR count). The Labute approximate surface area is 118 Å². The summed E-state index contributed by atoms with van der Waals surface area (Å²) in [5, 5.41) is 4.72. The summed E-state index contributed by atoms with van der Waals surface area (Å²) in [4.78, 5) is 11.6. The molecular weight excluding hydrogens is 292 g/mol. The van der Waals surface area contributed by atoms with Crippen LogP contribution >= 0.6 is 0 Å². The summed E-state index contributed by atoms with van der Waals surface area (Å²) in [6.45, 7) is 0.557. The van der Waals surface area contributed by atoms with Gasteiger partial charge >= 0.3 is 0 Å². The van der Waals surface area contributed by atoms with Crippen molar-refractivity contribution < 1.29 is 27.1 Å². The molecule has 116 valence electrons. The van der Waals surface area contributed by atoms with Crippen LogP contribution in [-0.2, 0) is 9.53 Å². The van der Waals surface area contributed by atoms with Gasteiger partial charge in [-0.1, -0.05) is 0 Å². The zero-order valence-corrected chi connectivity index (χ0v) is 11.0. The topological polar surface area (TPSA) is 50.4 Å². The summed E-state index contributed by atoms with van der Waals surface area (Å²) in [6, 6.07) is 0.0322. The second kappa shape index (κ2) is 6.75. The summed E-state index contributed by atoms with van der Waals surface area (Å²) in [6.07, 6.45) is 1.28. The largest absolute Gasteiger partial charge is 0.381 e. The van der Waals surface area contributed by atoms with E-state index in [1.165, 1.54) is 0 Å². The van der Waals surface area contributed by atoms with E-state index in [0.717, 1.165) is 0 Å². The van der Waals surface area contributed by atoms with E-state index >= 15 is 0 Å². The zero-order valence-electron chi connectivity index (χ0n) is 11.0. The van der Waals surface area contributed by atoms with Gasteiger partial charge in [0, 0.05) is 25.3 Å². The van der Waals surface area contributed by atoms with Gasteiger partial charge in [0.25, 0.3) is 0 Å². The van der Waals surface area contributed by atoms with Crippen LogP contribution < -0.4 is 10.6 Å². The number of rotatable bonds is 4. The molecule has 1 aromatic rings. The van der Waals surface area contributed by atoms with E-state index in [4.69, 9.17) is 4.74 Å². The first kappa shape index (κ1) is 15.6. The highest BCUT2D eigenvalue weighted by Gasteiger charge is 2.20. The summed E-state index contributed by atoms with van der Waals surface area (Å²) in [7, 11) is 0. The van der Waals surface area contributed by atoms with Crippen LogP contribution in [0, 0.1) is 23.3 Å². The van der Waals surface area contributed by atoms with Crippen LogP contribution in [0.3, 0.4) is 0 Å². The van der Waals surface area contributed by atoms with Crippen LogP contribution in [0.1, 0.15) is 12.8 Å². The molecule has 0 bridgehead atoms. The number of hydrogen-bond donors (Lipinski definition) is 2. The van der Waals surface area contributed by atoms with Gasteiger partial charge in [-0.2, -0.15) is 0 Å². The van der Waals surface area contributed by atoms with Gasteiger partial charge in [-0.15, -0.1) is 0 Å². The molecule has 0 radical (unpaired) electrons. The Kier molecular flexibility index (Phi) is 5.00. The minimum absolute atomic E-state index is 0.0769. The SMILES string of the molecule is O=C(CNc1c(F)c(F)cc(F)c1F)NC1CCOCC1. The summed E-state index contributed by atoms with van der Waals surface area (Å²) < 4.78 is 57.8. The lowest BCUT2D eigenvalue weighted by molar-refractivity contribution is -0.120. The minimum Gasteiger partial charge on any atom is -0.381 e. The average molecular weight is 306 g/mol. The molecule has 1 amide bonds. The molecule has 1 aliphatic heterocycles. The van der Waals surface area contributed by atoms with Crippen molar-refractivity contribution >= 4 is 11.6 Å². The van der Waals surface area contributed by atoms with Crippen molar-refractivity contribution in [3.8, 4) is 0 Å². The summed E-state index contributed by atoms with van der Waals surface area (Å²) in [5.41, 5.74) is -0.991. The van der Waals surface area contributed by atoms with E-state index in [0.29, 0.717) is 26.1 Å². The Morgan fingerprint density at radius 3 is 2.29 bits per heavy atom. The quantitative estimate of drug-likeness (QED) is 0.660. The number of amides is 1. The van der Waals surface area contributed by atoms with E-state index in [9.17, 15) is 22.4 Å². The summed E-state index contributed by atoms with van der Waals surface area (Å²) >= 11 is 0. The van der Waals surface area contributed by atoms with Gasteiger partial charge in [-0.25, -0.2) is 17.6 Å². The number of benzene rings is 1. The van der Waals surface area contributed by atoms with Gasteiger partial charge in [0.1, 0.15) is 5.69 Å². The number of carbonyl (C=O) groups excluding carboxylic acids is 1. The first-order chi connectivity index (χ1) is 9.99. The Balaban J connectivity index is 1.95. The fraction of sp³-hybridized carbons (Fsp3) is 0.462. The molecule has 1 saturated heterocycles. The van der Waals surface area contributed by atoms with Crippen LogP contribution in [0.5, 0.6) is 0 Å². The van der Waals surface area contributed by atoms with E-state index in [1.54, 1.807) is 0 Å². The smallest absolute Gasteiger partial charge is 0.239 e. The molecule has 1 aliphatic rings. The third kappa shape index (κ3) is 3.84. The van der Waals surface area contributed by atoms with Gasteiger partial charge < -0.3 is 15.4 Å². The van der Waals surface area contributed by atoms with Crippen molar-refractivity contribution in [1.29, 1.82) is 0 Å². The predicted octanol–water partition coefficient (Wildman–Crippen LogP) is 1.95. The second-order valence-electron chi connectivity index (χ2n) is 4.65. The van der Waals surface area contributed by atoms with Gasteiger partial charge in [0.05, 0.1) is 6.54 Å². The van der Waals surface area contributed by atoms with Crippen molar-refractivity contribution in [3.63, 3.8) is 0 Å². The number of carbonyl (C=O) groups is 1. The van der Waals surface area contributed by atoms with Gasteiger partial charge in [0.15, 0.2) is 23.3 Å². The monoisotopic (exact) mass is 306 g/mol. The molecule has 0 spiro atoms. The van der Waals surface area contributed by atoms with Gasteiger partial charge in [-0.3, -0.25) is 4.79 Å². The molecule has 21 heavy (non-hydrogen) atoms. The lowest BCUT2D eigenvalue weighted by atomic mass is 10.1. The molecule has 1 heterocycles. The third-order valence-electron chi connectivity index (χ3n) is 3.12. The van der Waals surface area contributed by atoms with Gasteiger partial charge in [-0.05, 0) is 12.8 Å². The highest BCUT2D eigenvalue weighted by Crippen LogP contribution is 2.23. The highest BCUT2D eigenvalue weighted by atomic mass is 19.2. The first-order valence-electron chi connectivity index (χ1n) is 6.43. The fourth-order valence-electron chi connectivity index (χ4n) is 2.02. The molecule has 1 fully saturated rings. The summed E-state index contributed by atoms with van der Waals surface area (Å²) in [5.74, 6) is -6.70. The van der Waals surface area contributed by atoms with Crippen LogP contribution in [0.15, 0.2) is 6.07 Å². The molecule has 0 aliphatic carbocycles. The van der Waals surface area contributed by atoms with E-state index in [-0.39, 0.29) is 12.1 Å². The highest BCUT2D eigenvalue weighted by molar-refractivity contribution is 5.81. The van der Waals surface area contributed by atoms with Crippen molar-refractivity contribution in [2.45, 2.75) is 18.9 Å². The normalized spacial score (nSPS) is 15.8. The Morgan fingerprint density at radius 1 is 1.14 bits per heavy atom. The Bertz CT molecular complexity index is 507. The number of ether oxygens (including phenoxy) is 1. The first-order valence-corrected chi connectivity index (χ1v) is 6.43. The maximum Gasteiger partial charge on any atom is 0.239 e. The molecule has 0 aromatic heterocycles. The molecule has 1 aromatic carbocycles. The standard InChI is InChI=1S/C13H14F4N2O2/c14-8-5-9(15)12(17)13(11(8)16)18-6-10(20)19-7-1-3-21-4-2-7/h5,7,18H,1-4,6H2,(H,19,20). The van der Waals surface area contributed by atoms with Crippen molar-refractivity contribution in [2.24, 2.45) is 0 Å². The minimum atomic E-state index is -1.56. The zero-order chi connectivity index (χ0) is 15.4. The van der Waals surface area contributed by atoms with E-state index in [2.05, 4.69) is 10.6 Å². The predicted molar refractivity (Wildman–Crippen MR) is 66.7 cm³/mol. The lowest BCUT2D eigenvalue weighted by Gasteiger charge is -2.23. The Hall–Kier alpha value is -1.83. The van der Waals surface area contributed by atoms with Crippen molar-refractivity contribution in [2.75, 3.05) is 25.1 Å². The lowest BCUT2D eigenvalue weighted by Crippen LogP contribution is -2.41. The molecule has 2 N–H and O–H groups in total. The number of hydrogen-bond acceptors (Lipinski definition) is 3. The molecule has 8 heteroatoms. The number of halogens is 4. The Morgan fingerprint density at radius 2 is 1.71 bits per heavy atom. The molecule has 0 saturated carbocycles. The average Bonchev–Trinajstić information content (AvgIpc) is 2.46. The molecule has 0 unspecified atom stereocenters. The van der Waals surface area contributed by atoms with Crippen LogP contribution in [0.25, 0.3) is 0 Å². The maximum atomic E-state index is 13.4. The van der Waals surface area contributed by atoms with Crippen LogP contribution in [0.2, 0.25) is 0 Å². The van der Waals surface area contributed by atoms with Crippen molar-refractivity contribution in [1.82, 2.24) is 5.32 Å². The third-order valence-corrected chi connectivity index (χ3v) is 3.12. The number of anilines is 1. The molecule has 4 nitrogen and oxygen atoms in total. The van der Waals surface area contributed by atoms with Crippen molar-refractivity contribution in [3.05, 3.63) is 29.3 Å². The fourth-order valence-corrected chi connectivity index (χ4v) is 2.02. The molecular formula is C13H14F4N2O2. The maximum absolute atomic E-state index is 13.4. The second-order valence-corrected chi connectivity index (χ2v) is 4.65. The molecule has 0 atom stereocenters. The number of nitrogens with one attached hydrogen (secondary N) is 2. The van der Waals surface area contributed by atoms with Crippen LogP contribution in [0.4, 0.5) is 23.2 Å².